The second-order valence-electron chi connectivity index (χ2n) is 4.88. The van der Waals surface area contributed by atoms with Crippen LogP contribution in [0.2, 0.25) is 0 Å². The molecule has 1 atom stereocenters. The topological polar surface area (TPSA) is 47.6 Å². The molecule has 0 aromatic carbocycles. The molecule has 4 heteroatoms. The molecule has 0 aliphatic heterocycles. The van der Waals surface area contributed by atoms with Crippen molar-refractivity contribution in [1.29, 1.82) is 0 Å². The van der Waals surface area contributed by atoms with E-state index in [1.54, 1.807) is 0 Å². The summed E-state index contributed by atoms with van der Waals surface area (Å²) < 4.78 is 10.6. The van der Waals surface area contributed by atoms with Gasteiger partial charge in [0.25, 0.3) is 0 Å². The molecule has 0 amide bonds. The van der Waals surface area contributed by atoms with Gasteiger partial charge in [-0.1, -0.05) is 19.8 Å². The molecule has 1 rings (SSSR count). The van der Waals surface area contributed by atoms with Gasteiger partial charge >= 0.3 is 5.97 Å². The van der Waals surface area contributed by atoms with Gasteiger partial charge in [-0.15, -0.1) is 0 Å². The number of hydrogen-bond acceptors (Lipinski definition) is 4. The average molecular weight is 243 g/mol. The molecule has 1 saturated carbocycles. The second-order valence-corrected chi connectivity index (χ2v) is 4.88. The molecule has 1 fully saturated rings. The Bertz CT molecular complexity index is 239. The lowest BCUT2D eigenvalue weighted by molar-refractivity contribution is -0.149. The van der Waals surface area contributed by atoms with Crippen LogP contribution in [0.5, 0.6) is 0 Å². The number of esters is 1. The normalized spacial score (nSPS) is 20.2. The molecule has 0 heterocycles. The molecule has 1 aliphatic rings. The first kappa shape index (κ1) is 14.5. The minimum absolute atomic E-state index is 0.214. The van der Waals surface area contributed by atoms with Crippen LogP contribution in [0, 0.1) is 0 Å². The van der Waals surface area contributed by atoms with E-state index in [0.29, 0.717) is 19.1 Å². The highest BCUT2D eigenvalue weighted by molar-refractivity contribution is 5.80. The van der Waals surface area contributed by atoms with Crippen molar-refractivity contribution >= 4 is 5.97 Å². The fourth-order valence-corrected chi connectivity index (χ4v) is 2.36. The van der Waals surface area contributed by atoms with E-state index in [2.05, 4.69) is 5.32 Å². The van der Waals surface area contributed by atoms with Crippen molar-refractivity contribution in [3.05, 3.63) is 0 Å². The lowest BCUT2D eigenvalue weighted by Gasteiger charge is -2.28. The molecule has 0 radical (unpaired) electrons. The molecule has 0 aromatic heterocycles. The zero-order valence-corrected chi connectivity index (χ0v) is 11.3. The van der Waals surface area contributed by atoms with Crippen LogP contribution >= 0.6 is 0 Å². The predicted molar refractivity (Wildman–Crippen MR) is 66.9 cm³/mol. The van der Waals surface area contributed by atoms with Crippen molar-refractivity contribution in [3.8, 4) is 0 Å². The Hall–Kier alpha value is -0.610. The first-order valence-electron chi connectivity index (χ1n) is 6.57. The van der Waals surface area contributed by atoms with Gasteiger partial charge in [0.15, 0.2) is 0 Å². The molecular weight excluding hydrogens is 218 g/mol. The standard InChI is InChI=1S/C13H25NO3/c1-4-14-13(2,12(15)16-3)9-10-17-11-7-5-6-8-11/h11,14H,4-10H2,1-3H3. The highest BCUT2D eigenvalue weighted by Crippen LogP contribution is 2.22. The fraction of sp³-hybridized carbons (Fsp3) is 0.923. The van der Waals surface area contributed by atoms with Crippen molar-refractivity contribution in [2.75, 3.05) is 20.3 Å². The Morgan fingerprint density at radius 2 is 2.06 bits per heavy atom. The van der Waals surface area contributed by atoms with E-state index in [1.165, 1.54) is 20.0 Å². The number of carbonyl (C=O) groups is 1. The van der Waals surface area contributed by atoms with E-state index in [4.69, 9.17) is 9.47 Å². The zero-order valence-electron chi connectivity index (χ0n) is 11.3. The molecular formula is C13H25NO3. The average Bonchev–Trinajstić information content (AvgIpc) is 2.81. The second kappa shape index (κ2) is 6.97. The van der Waals surface area contributed by atoms with Crippen molar-refractivity contribution in [3.63, 3.8) is 0 Å². The van der Waals surface area contributed by atoms with Gasteiger partial charge in [0.05, 0.1) is 13.2 Å². The van der Waals surface area contributed by atoms with Crippen molar-refractivity contribution in [1.82, 2.24) is 5.32 Å². The smallest absolute Gasteiger partial charge is 0.325 e. The summed E-state index contributed by atoms with van der Waals surface area (Å²) in [5, 5.41) is 3.18. The summed E-state index contributed by atoms with van der Waals surface area (Å²) >= 11 is 0. The Balaban J connectivity index is 2.35. The molecule has 0 spiro atoms. The van der Waals surface area contributed by atoms with Gasteiger partial charge in [0.1, 0.15) is 5.54 Å². The summed E-state index contributed by atoms with van der Waals surface area (Å²) in [5.74, 6) is -0.214. The quantitative estimate of drug-likeness (QED) is 0.694. The molecule has 1 N–H and O–H groups in total. The molecule has 0 bridgehead atoms. The van der Waals surface area contributed by atoms with E-state index < -0.39 is 5.54 Å². The van der Waals surface area contributed by atoms with Gasteiger partial charge in [0, 0.05) is 6.61 Å². The van der Waals surface area contributed by atoms with E-state index in [9.17, 15) is 4.79 Å². The number of likely N-dealkylation sites (N-methyl/N-ethyl adjacent to an activating group) is 1. The molecule has 4 nitrogen and oxygen atoms in total. The van der Waals surface area contributed by atoms with Crippen LogP contribution in [0.4, 0.5) is 0 Å². The third-order valence-electron chi connectivity index (χ3n) is 3.46. The van der Waals surface area contributed by atoms with E-state index >= 15 is 0 Å². The maximum Gasteiger partial charge on any atom is 0.325 e. The monoisotopic (exact) mass is 243 g/mol. The number of ether oxygens (including phenoxy) is 2. The van der Waals surface area contributed by atoms with Crippen LogP contribution in [0.3, 0.4) is 0 Å². The van der Waals surface area contributed by atoms with Crippen LogP contribution in [-0.4, -0.2) is 37.9 Å². The van der Waals surface area contributed by atoms with Gasteiger partial charge in [-0.25, -0.2) is 0 Å². The first-order valence-corrected chi connectivity index (χ1v) is 6.57. The van der Waals surface area contributed by atoms with Gasteiger partial charge in [-0.2, -0.15) is 0 Å². The molecule has 0 saturated heterocycles. The number of carbonyl (C=O) groups excluding carboxylic acids is 1. The summed E-state index contributed by atoms with van der Waals surface area (Å²) in [6, 6.07) is 0. The minimum Gasteiger partial charge on any atom is -0.468 e. The van der Waals surface area contributed by atoms with Crippen LogP contribution in [0.15, 0.2) is 0 Å². The van der Waals surface area contributed by atoms with Crippen LogP contribution in [0.1, 0.15) is 46.0 Å². The number of hydrogen-bond donors (Lipinski definition) is 1. The van der Waals surface area contributed by atoms with Gasteiger partial charge in [0.2, 0.25) is 0 Å². The van der Waals surface area contributed by atoms with E-state index in [0.717, 1.165) is 19.4 Å². The molecule has 0 aromatic rings. The Morgan fingerprint density at radius 3 is 2.59 bits per heavy atom. The summed E-state index contributed by atoms with van der Waals surface area (Å²) in [7, 11) is 1.43. The van der Waals surface area contributed by atoms with E-state index in [-0.39, 0.29) is 5.97 Å². The van der Waals surface area contributed by atoms with Crippen molar-refractivity contribution < 1.29 is 14.3 Å². The predicted octanol–water partition coefficient (Wildman–Crippen LogP) is 1.88. The van der Waals surface area contributed by atoms with Gasteiger partial charge in [-0.05, 0) is 32.7 Å². The zero-order chi connectivity index (χ0) is 12.7. The Labute approximate surface area is 104 Å². The van der Waals surface area contributed by atoms with Gasteiger partial charge < -0.3 is 14.8 Å². The number of nitrogens with one attached hydrogen (secondary N) is 1. The maximum atomic E-state index is 11.7. The van der Waals surface area contributed by atoms with Crippen LogP contribution in [0.25, 0.3) is 0 Å². The lowest BCUT2D eigenvalue weighted by Crippen LogP contribution is -2.51. The van der Waals surface area contributed by atoms with E-state index in [1.807, 2.05) is 13.8 Å². The number of methoxy groups -OCH3 is 1. The highest BCUT2D eigenvalue weighted by Gasteiger charge is 2.33. The SMILES string of the molecule is CCNC(C)(CCOC1CCCC1)C(=O)OC. The van der Waals surface area contributed by atoms with Gasteiger partial charge in [-0.3, -0.25) is 4.79 Å². The largest absolute Gasteiger partial charge is 0.468 e. The summed E-state index contributed by atoms with van der Waals surface area (Å²) in [4.78, 5) is 11.7. The molecule has 100 valence electrons. The summed E-state index contributed by atoms with van der Waals surface area (Å²) in [5.41, 5.74) is -0.623. The van der Waals surface area contributed by atoms with Crippen LogP contribution in [-0.2, 0) is 14.3 Å². The molecule has 17 heavy (non-hydrogen) atoms. The third kappa shape index (κ3) is 4.28. The van der Waals surface area contributed by atoms with Crippen molar-refractivity contribution in [2.45, 2.75) is 57.6 Å². The van der Waals surface area contributed by atoms with Crippen molar-refractivity contribution in [2.24, 2.45) is 0 Å². The third-order valence-corrected chi connectivity index (χ3v) is 3.46. The molecule has 1 unspecified atom stereocenters. The number of rotatable bonds is 7. The highest BCUT2D eigenvalue weighted by atomic mass is 16.5. The maximum absolute atomic E-state index is 11.7. The molecule has 1 aliphatic carbocycles. The first-order chi connectivity index (χ1) is 8.12. The Morgan fingerprint density at radius 1 is 1.41 bits per heavy atom. The summed E-state index contributed by atoms with van der Waals surface area (Å²) in [6.45, 7) is 5.22. The lowest BCUT2D eigenvalue weighted by atomic mass is 9.98. The summed E-state index contributed by atoms with van der Waals surface area (Å²) in [6.07, 6.45) is 5.92. The van der Waals surface area contributed by atoms with Crippen LogP contribution < -0.4 is 5.32 Å². The fourth-order valence-electron chi connectivity index (χ4n) is 2.36. The Kier molecular flexibility index (Phi) is 5.92. The minimum atomic E-state index is -0.623.